The Hall–Kier alpha value is -2.78. The molecule has 9 heteroatoms. The molecule has 0 radical (unpaired) electrons. The Morgan fingerprint density at radius 1 is 1.16 bits per heavy atom. The van der Waals surface area contributed by atoms with E-state index in [0.717, 1.165) is 29.1 Å². The van der Waals surface area contributed by atoms with Gasteiger partial charge in [0.05, 0.1) is 18.4 Å². The zero-order chi connectivity index (χ0) is 22.1. The van der Waals surface area contributed by atoms with E-state index < -0.39 is 17.3 Å². The van der Waals surface area contributed by atoms with Crippen molar-refractivity contribution in [2.75, 3.05) is 25.5 Å². The smallest absolute Gasteiger partial charge is 0.416 e. The number of alkyl halides is 3. The number of rotatable bonds is 3. The number of thiocarbonyl (C=S) groups is 1. The third-order valence-corrected chi connectivity index (χ3v) is 5.85. The Bertz CT molecular complexity index is 1000. The van der Waals surface area contributed by atoms with E-state index in [-0.39, 0.29) is 0 Å². The van der Waals surface area contributed by atoms with Crippen molar-refractivity contribution in [1.82, 2.24) is 10.4 Å². The van der Waals surface area contributed by atoms with Crippen LogP contribution in [0.2, 0.25) is 0 Å². The highest BCUT2D eigenvalue weighted by atomic mass is 32.1. The van der Waals surface area contributed by atoms with Crippen LogP contribution in [0.15, 0.2) is 54.6 Å². The minimum atomic E-state index is -4.39. The summed E-state index contributed by atoms with van der Waals surface area (Å²) in [4.78, 5) is 7.87. The molecule has 0 aromatic heterocycles. The molecule has 0 saturated carbocycles. The van der Waals surface area contributed by atoms with E-state index in [0.29, 0.717) is 36.7 Å². The molecule has 2 aliphatic heterocycles. The van der Waals surface area contributed by atoms with Crippen molar-refractivity contribution in [2.45, 2.75) is 24.6 Å². The number of likely N-dealkylation sites (tertiary alicyclic amines) is 1. The van der Waals surface area contributed by atoms with E-state index >= 15 is 0 Å². The molecule has 0 atom stereocenters. The van der Waals surface area contributed by atoms with Crippen LogP contribution in [0.1, 0.15) is 24.0 Å². The first-order valence-corrected chi connectivity index (χ1v) is 10.2. The highest BCUT2D eigenvalue weighted by Crippen LogP contribution is 2.36. The number of piperidine rings is 1. The predicted molar refractivity (Wildman–Crippen MR) is 116 cm³/mol. The quantitative estimate of drug-likeness (QED) is 0.655. The maximum absolute atomic E-state index is 12.9. The van der Waals surface area contributed by atoms with Crippen LogP contribution in [-0.2, 0) is 11.0 Å². The number of anilines is 1. The van der Waals surface area contributed by atoms with Crippen molar-refractivity contribution in [2.24, 2.45) is 0 Å². The highest BCUT2D eigenvalue weighted by Gasteiger charge is 2.39. The summed E-state index contributed by atoms with van der Waals surface area (Å²) in [5, 5.41) is 3.32. The van der Waals surface area contributed by atoms with Crippen LogP contribution in [0, 0.1) is 0 Å². The van der Waals surface area contributed by atoms with Gasteiger partial charge in [0, 0.05) is 37.2 Å². The van der Waals surface area contributed by atoms with Crippen molar-refractivity contribution in [3.8, 4) is 5.75 Å². The van der Waals surface area contributed by atoms with Crippen LogP contribution in [0.5, 0.6) is 5.75 Å². The van der Waals surface area contributed by atoms with Gasteiger partial charge in [-0.1, -0.05) is 18.2 Å². The van der Waals surface area contributed by atoms with Gasteiger partial charge in [0.2, 0.25) is 0 Å². The summed E-state index contributed by atoms with van der Waals surface area (Å²) >= 11 is 5.43. The van der Waals surface area contributed by atoms with Gasteiger partial charge in [-0.2, -0.15) is 13.2 Å². The number of methoxy groups -OCH3 is 1. The Morgan fingerprint density at radius 3 is 2.61 bits per heavy atom. The topological polar surface area (TPSA) is 45.8 Å². The fourth-order valence-corrected chi connectivity index (χ4v) is 4.02. The summed E-state index contributed by atoms with van der Waals surface area (Å²) in [5.41, 5.74) is 4.04. The van der Waals surface area contributed by atoms with E-state index in [4.69, 9.17) is 21.8 Å². The second kappa shape index (κ2) is 8.39. The van der Waals surface area contributed by atoms with Crippen LogP contribution >= 0.6 is 12.2 Å². The van der Waals surface area contributed by atoms with E-state index in [2.05, 4.69) is 16.9 Å². The first-order valence-electron chi connectivity index (χ1n) is 9.82. The molecule has 2 aromatic rings. The van der Waals surface area contributed by atoms with Crippen molar-refractivity contribution in [3.05, 3.63) is 65.7 Å². The molecule has 164 valence electrons. The third kappa shape index (κ3) is 4.77. The number of hydrogen-bond donors (Lipinski definition) is 2. The third-order valence-electron chi connectivity index (χ3n) is 5.49. The van der Waals surface area contributed by atoms with E-state index in [1.54, 1.807) is 13.2 Å². The predicted octanol–water partition coefficient (Wildman–Crippen LogP) is 4.82. The average Bonchev–Trinajstić information content (AvgIpc) is 3.17. The van der Waals surface area contributed by atoms with Crippen molar-refractivity contribution in [1.29, 1.82) is 0 Å². The van der Waals surface area contributed by atoms with Gasteiger partial charge in [-0.3, -0.25) is 10.3 Å². The van der Waals surface area contributed by atoms with E-state index in [1.807, 2.05) is 29.2 Å². The van der Waals surface area contributed by atoms with Crippen molar-refractivity contribution >= 4 is 28.7 Å². The lowest BCUT2D eigenvalue weighted by molar-refractivity contribution is -0.137. The van der Waals surface area contributed by atoms with Crippen molar-refractivity contribution in [3.63, 3.8) is 0 Å². The van der Waals surface area contributed by atoms with Gasteiger partial charge in [-0.15, -0.1) is 0 Å². The summed E-state index contributed by atoms with van der Waals surface area (Å²) in [6.45, 7) is 1.24. The number of nitrogens with zero attached hydrogens (tertiary/aromatic N) is 1. The largest absolute Gasteiger partial charge is 0.497 e. The van der Waals surface area contributed by atoms with E-state index in [9.17, 15) is 13.2 Å². The summed E-state index contributed by atoms with van der Waals surface area (Å²) in [6.07, 6.45) is -0.922. The molecule has 1 fully saturated rings. The summed E-state index contributed by atoms with van der Waals surface area (Å²) < 4.78 is 44.0. The zero-order valence-corrected chi connectivity index (χ0v) is 17.6. The Balaban J connectivity index is 1.38. The standard InChI is InChI=1S/C22H22F3N3O2S/c1-29-18-7-2-4-15(12-18)19-14-21(30-27-19)8-10-28(11-9-21)20(31)26-17-6-3-5-16(13-17)22(23,24)25/h2-7,12-14,27H,8-11H2,1H3,(H,26,31). The summed E-state index contributed by atoms with van der Waals surface area (Å²) in [7, 11) is 1.62. The average molecular weight is 449 g/mol. The molecule has 2 N–H and O–H groups in total. The monoisotopic (exact) mass is 449 g/mol. The molecular weight excluding hydrogens is 427 g/mol. The van der Waals surface area contributed by atoms with Crippen LogP contribution in [0.3, 0.4) is 0 Å². The second-order valence-electron chi connectivity index (χ2n) is 7.55. The Labute approximate surface area is 183 Å². The molecule has 1 saturated heterocycles. The molecular formula is C22H22F3N3O2S. The maximum Gasteiger partial charge on any atom is 0.416 e. The van der Waals surface area contributed by atoms with Gasteiger partial charge in [0.1, 0.15) is 11.4 Å². The molecule has 4 rings (SSSR count). The van der Waals surface area contributed by atoms with Gasteiger partial charge in [0.25, 0.3) is 0 Å². The number of benzene rings is 2. The minimum absolute atomic E-state index is 0.319. The van der Waals surface area contributed by atoms with Crippen LogP contribution in [0.25, 0.3) is 5.70 Å². The summed E-state index contributed by atoms with van der Waals surface area (Å²) in [5.74, 6) is 0.766. The molecule has 0 amide bonds. The fourth-order valence-electron chi connectivity index (χ4n) is 3.72. The number of ether oxygens (including phenoxy) is 1. The molecule has 2 heterocycles. The Kier molecular flexibility index (Phi) is 5.81. The minimum Gasteiger partial charge on any atom is -0.497 e. The summed E-state index contributed by atoms with van der Waals surface area (Å²) in [6, 6.07) is 12.7. The lowest BCUT2D eigenvalue weighted by atomic mass is 9.90. The molecule has 31 heavy (non-hydrogen) atoms. The molecule has 5 nitrogen and oxygen atoms in total. The van der Waals surface area contributed by atoms with Crippen LogP contribution in [0.4, 0.5) is 18.9 Å². The number of halogens is 3. The van der Waals surface area contributed by atoms with Crippen molar-refractivity contribution < 1.29 is 22.7 Å². The number of hydroxylamine groups is 1. The second-order valence-corrected chi connectivity index (χ2v) is 7.94. The highest BCUT2D eigenvalue weighted by molar-refractivity contribution is 7.80. The van der Waals surface area contributed by atoms with Gasteiger partial charge in [-0.25, -0.2) is 0 Å². The van der Waals surface area contributed by atoms with Crippen LogP contribution < -0.4 is 15.5 Å². The maximum atomic E-state index is 12.9. The molecule has 0 unspecified atom stereocenters. The molecule has 0 aliphatic carbocycles. The fraction of sp³-hybridized carbons (Fsp3) is 0.318. The van der Waals surface area contributed by atoms with Gasteiger partial charge < -0.3 is 15.0 Å². The molecule has 0 bridgehead atoms. The van der Waals surface area contributed by atoms with Gasteiger partial charge >= 0.3 is 6.18 Å². The lowest BCUT2D eigenvalue weighted by Crippen LogP contribution is -2.48. The van der Waals surface area contributed by atoms with Gasteiger partial charge in [-0.05, 0) is 48.6 Å². The molecule has 2 aliphatic rings. The van der Waals surface area contributed by atoms with E-state index in [1.165, 1.54) is 6.07 Å². The normalized spacial score (nSPS) is 17.8. The van der Waals surface area contributed by atoms with Crippen LogP contribution in [-0.4, -0.2) is 35.8 Å². The molecule has 1 spiro atoms. The van der Waals surface area contributed by atoms with Gasteiger partial charge in [0.15, 0.2) is 5.11 Å². The first kappa shape index (κ1) is 21.5. The zero-order valence-electron chi connectivity index (χ0n) is 16.8. The Morgan fingerprint density at radius 2 is 1.90 bits per heavy atom. The SMILES string of the molecule is COc1cccc(C2=CC3(CCN(C(=S)Nc4cccc(C(F)(F)F)c4)CC3)ON2)c1. The molecule has 2 aromatic carbocycles. The first-order chi connectivity index (χ1) is 14.8. The lowest BCUT2D eigenvalue weighted by Gasteiger charge is -2.38. The number of nitrogens with one attached hydrogen (secondary N) is 2. The number of hydrogen-bond acceptors (Lipinski definition) is 4.